The number of nitrogens with one attached hydrogen (secondary N) is 1. The average molecular weight is 268 g/mol. The fraction of sp³-hybridized carbons (Fsp3) is 0.267. The van der Waals surface area contributed by atoms with E-state index < -0.39 is 0 Å². The highest BCUT2D eigenvalue weighted by molar-refractivity contribution is 5.93. The third kappa shape index (κ3) is 3.23. The van der Waals surface area contributed by atoms with Crippen LogP contribution in [0.15, 0.2) is 30.5 Å². The Morgan fingerprint density at radius 1 is 1.35 bits per heavy atom. The number of hydrogen-bond acceptors (Lipinski definition) is 4. The number of nitrogens with zero attached hydrogens (tertiary/aromatic N) is 2. The number of primary amides is 1. The molecular weight excluding hydrogens is 252 g/mol. The van der Waals surface area contributed by atoms with Gasteiger partial charge in [0.2, 0.25) is 5.91 Å². The Morgan fingerprint density at radius 3 is 2.90 bits per heavy atom. The van der Waals surface area contributed by atoms with Gasteiger partial charge in [-0.05, 0) is 18.9 Å². The molecule has 102 valence electrons. The van der Waals surface area contributed by atoms with Gasteiger partial charge in [-0.15, -0.1) is 0 Å². The SMILES string of the molecule is N#Cc1cnc2ccccc2c1NCCCCC(N)=O. The maximum Gasteiger partial charge on any atom is 0.217 e. The van der Waals surface area contributed by atoms with E-state index in [2.05, 4.69) is 16.4 Å². The lowest BCUT2D eigenvalue weighted by Crippen LogP contribution is -2.11. The predicted molar refractivity (Wildman–Crippen MR) is 78.0 cm³/mol. The Morgan fingerprint density at radius 2 is 2.15 bits per heavy atom. The predicted octanol–water partition coefficient (Wildman–Crippen LogP) is 2.17. The van der Waals surface area contributed by atoms with Crippen molar-refractivity contribution in [2.24, 2.45) is 5.73 Å². The van der Waals surface area contributed by atoms with Crippen molar-refractivity contribution in [1.82, 2.24) is 4.98 Å². The first-order valence-electron chi connectivity index (χ1n) is 6.52. The van der Waals surface area contributed by atoms with Crippen LogP contribution in [0.3, 0.4) is 0 Å². The lowest BCUT2D eigenvalue weighted by atomic mass is 10.1. The van der Waals surface area contributed by atoms with Crippen molar-refractivity contribution in [2.45, 2.75) is 19.3 Å². The molecule has 0 aliphatic heterocycles. The van der Waals surface area contributed by atoms with Gasteiger partial charge in [-0.3, -0.25) is 9.78 Å². The lowest BCUT2D eigenvalue weighted by Gasteiger charge is -2.10. The summed E-state index contributed by atoms with van der Waals surface area (Å²) in [6.45, 7) is 0.690. The van der Waals surface area contributed by atoms with Gasteiger partial charge in [-0.2, -0.15) is 5.26 Å². The molecule has 2 rings (SSSR count). The number of hydrogen-bond donors (Lipinski definition) is 2. The van der Waals surface area contributed by atoms with E-state index >= 15 is 0 Å². The number of aromatic nitrogens is 1. The van der Waals surface area contributed by atoms with Crippen LogP contribution in [0.4, 0.5) is 5.69 Å². The number of nitriles is 1. The number of para-hydroxylation sites is 1. The number of unbranched alkanes of at least 4 members (excludes halogenated alkanes) is 1. The highest BCUT2D eigenvalue weighted by Gasteiger charge is 2.07. The highest BCUT2D eigenvalue weighted by Crippen LogP contribution is 2.25. The number of carbonyl (C=O) groups is 1. The van der Waals surface area contributed by atoms with Gasteiger partial charge in [0, 0.05) is 24.5 Å². The molecule has 0 fully saturated rings. The Balaban J connectivity index is 2.12. The minimum Gasteiger partial charge on any atom is -0.383 e. The zero-order chi connectivity index (χ0) is 14.4. The summed E-state index contributed by atoms with van der Waals surface area (Å²) in [7, 11) is 0. The van der Waals surface area contributed by atoms with Gasteiger partial charge in [0.05, 0.1) is 16.8 Å². The summed E-state index contributed by atoms with van der Waals surface area (Å²) < 4.78 is 0. The first kappa shape index (κ1) is 13.8. The number of anilines is 1. The number of pyridine rings is 1. The molecule has 5 heteroatoms. The quantitative estimate of drug-likeness (QED) is 0.785. The maximum atomic E-state index is 10.7. The molecule has 0 unspecified atom stereocenters. The van der Waals surface area contributed by atoms with Crippen molar-refractivity contribution in [3.8, 4) is 6.07 Å². The topological polar surface area (TPSA) is 91.8 Å². The molecular formula is C15H16N4O. The smallest absolute Gasteiger partial charge is 0.217 e. The van der Waals surface area contributed by atoms with Crippen LogP contribution in [-0.2, 0) is 4.79 Å². The first-order valence-corrected chi connectivity index (χ1v) is 6.52. The normalized spacial score (nSPS) is 10.2. The third-order valence-corrected chi connectivity index (χ3v) is 3.05. The standard InChI is InChI=1S/C15H16N4O/c16-9-11-10-19-13-6-2-1-5-12(13)15(11)18-8-4-3-7-14(17)20/h1-2,5-6,10H,3-4,7-8H2,(H2,17,20)(H,18,19). The largest absolute Gasteiger partial charge is 0.383 e. The van der Waals surface area contributed by atoms with E-state index in [1.807, 2.05) is 24.3 Å². The molecule has 0 aliphatic carbocycles. The van der Waals surface area contributed by atoms with Crippen LogP contribution >= 0.6 is 0 Å². The van der Waals surface area contributed by atoms with E-state index in [4.69, 9.17) is 11.0 Å². The summed E-state index contributed by atoms with van der Waals surface area (Å²) in [6, 6.07) is 9.83. The highest BCUT2D eigenvalue weighted by atomic mass is 16.1. The van der Waals surface area contributed by atoms with E-state index in [1.54, 1.807) is 6.20 Å². The molecule has 0 saturated heterocycles. The summed E-state index contributed by atoms with van der Waals surface area (Å²) in [5, 5.41) is 13.4. The molecule has 5 nitrogen and oxygen atoms in total. The number of amides is 1. The molecule has 3 N–H and O–H groups in total. The van der Waals surface area contributed by atoms with Gasteiger partial charge >= 0.3 is 0 Å². The van der Waals surface area contributed by atoms with Gasteiger partial charge in [-0.25, -0.2) is 0 Å². The number of fused-ring (bicyclic) bond motifs is 1. The molecule has 0 atom stereocenters. The van der Waals surface area contributed by atoms with Crippen LogP contribution in [-0.4, -0.2) is 17.4 Å². The van der Waals surface area contributed by atoms with Crippen LogP contribution in [0, 0.1) is 11.3 Å². The minimum atomic E-state index is -0.280. The van der Waals surface area contributed by atoms with Crippen LogP contribution < -0.4 is 11.1 Å². The van der Waals surface area contributed by atoms with Crippen molar-refractivity contribution >= 4 is 22.5 Å². The number of nitrogens with two attached hydrogens (primary N) is 1. The molecule has 20 heavy (non-hydrogen) atoms. The zero-order valence-corrected chi connectivity index (χ0v) is 11.1. The van der Waals surface area contributed by atoms with E-state index in [0.717, 1.165) is 29.4 Å². The molecule has 0 spiro atoms. The van der Waals surface area contributed by atoms with Crippen LogP contribution in [0.1, 0.15) is 24.8 Å². The summed E-state index contributed by atoms with van der Waals surface area (Å²) in [4.78, 5) is 14.9. The Kier molecular flexibility index (Phi) is 4.51. The van der Waals surface area contributed by atoms with Gasteiger partial charge < -0.3 is 11.1 Å². The second kappa shape index (κ2) is 6.53. The van der Waals surface area contributed by atoms with E-state index in [9.17, 15) is 4.79 Å². The summed E-state index contributed by atoms with van der Waals surface area (Å²) >= 11 is 0. The van der Waals surface area contributed by atoms with Crippen LogP contribution in [0.2, 0.25) is 0 Å². The lowest BCUT2D eigenvalue weighted by molar-refractivity contribution is -0.118. The summed E-state index contributed by atoms with van der Waals surface area (Å²) in [5.74, 6) is -0.280. The second-order valence-corrected chi connectivity index (χ2v) is 4.53. The van der Waals surface area contributed by atoms with Gasteiger partial charge in [0.25, 0.3) is 0 Å². The van der Waals surface area contributed by atoms with Crippen molar-refractivity contribution in [2.75, 3.05) is 11.9 Å². The number of rotatable bonds is 6. The van der Waals surface area contributed by atoms with Gasteiger partial charge in [-0.1, -0.05) is 18.2 Å². The Hall–Kier alpha value is -2.61. The second-order valence-electron chi connectivity index (χ2n) is 4.53. The molecule has 0 radical (unpaired) electrons. The number of carbonyl (C=O) groups excluding carboxylic acids is 1. The average Bonchev–Trinajstić information content (AvgIpc) is 2.46. The van der Waals surface area contributed by atoms with Gasteiger partial charge in [0.15, 0.2) is 0 Å². The first-order chi connectivity index (χ1) is 9.72. The molecule has 0 aliphatic rings. The molecule has 2 aromatic rings. The Labute approximate surface area is 117 Å². The minimum absolute atomic E-state index is 0.280. The van der Waals surface area contributed by atoms with Crippen LogP contribution in [0.5, 0.6) is 0 Å². The van der Waals surface area contributed by atoms with E-state index in [0.29, 0.717) is 18.5 Å². The van der Waals surface area contributed by atoms with E-state index in [-0.39, 0.29) is 5.91 Å². The van der Waals surface area contributed by atoms with Crippen molar-refractivity contribution < 1.29 is 4.79 Å². The molecule has 1 aromatic carbocycles. The fourth-order valence-electron chi connectivity index (χ4n) is 2.05. The summed E-state index contributed by atoms with van der Waals surface area (Å²) in [6.07, 6.45) is 3.54. The Bertz CT molecular complexity index is 660. The van der Waals surface area contributed by atoms with Crippen LogP contribution in [0.25, 0.3) is 10.9 Å². The van der Waals surface area contributed by atoms with Crippen molar-refractivity contribution in [1.29, 1.82) is 5.26 Å². The maximum absolute atomic E-state index is 10.7. The molecule has 0 bridgehead atoms. The summed E-state index contributed by atoms with van der Waals surface area (Å²) in [5.41, 5.74) is 7.28. The molecule has 1 amide bonds. The van der Waals surface area contributed by atoms with Crippen molar-refractivity contribution in [3.63, 3.8) is 0 Å². The third-order valence-electron chi connectivity index (χ3n) is 3.05. The molecule has 1 heterocycles. The fourth-order valence-corrected chi connectivity index (χ4v) is 2.05. The monoisotopic (exact) mass is 268 g/mol. The van der Waals surface area contributed by atoms with E-state index in [1.165, 1.54) is 0 Å². The van der Waals surface area contributed by atoms with Crippen molar-refractivity contribution in [3.05, 3.63) is 36.0 Å². The van der Waals surface area contributed by atoms with Gasteiger partial charge in [0.1, 0.15) is 6.07 Å². The number of benzene rings is 1. The zero-order valence-electron chi connectivity index (χ0n) is 11.1. The molecule has 1 aromatic heterocycles. The molecule has 0 saturated carbocycles.